The van der Waals surface area contributed by atoms with Crippen molar-refractivity contribution in [2.24, 2.45) is 0 Å². The molecule has 0 radical (unpaired) electrons. The molecule has 0 spiro atoms. The maximum absolute atomic E-state index is 13.4. The number of hydrogen-bond donors (Lipinski definition) is 2. The van der Waals surface area contributed by atoms with Gasteiger partial charge in [-0.25, -0.2) is 4.39 Å². The second-order valence-corrected chi connectivity index (χ2v) is 3.90. The summed E-state index contributed by atoms with van der Waals surface area (Å²) in [6, 6.07) is 15.1. The maximum atomic E-state index is 13.4. The first-order valence-corrected chi connectivity index (χ1v) is 5.73. The van der Waals surface area contributed by atoms with Crippen LogP contribution in [0.4, 0.5) is 4.39 Å². The topological polar surface area (TPSA) is 41.1 Å². The Morgan fingerprint density at radius 2 is 1.58 bits per heavy atom. The summed E-state index contributed by atoms with van der Waals surface area (Å²) in [6.45, 7) is 3.79. The molecule has 1 amide bonds. The van der Waals surface area contributed by atoms with Crippen LogP contribution in [0.25, 0.3) is 5.70 Å². The van der Waals surface area contributed by atoms with E-state index in [0.717, 1.165) is 5.56 Å². The van der Waals surface area contributed by atoms with E-state index in [0.29, 0.717) is 5.70 Å². The van der Waals surface area contributed by atoms with Gasteiger partial charge in [0.05, 0.1) is 11.3 Å². The van der Waals surface area contributed by atoms with Crippen molar-refractivity contribution < 1.29 is 9.18 Å². The minimum absolute atomic E-state index is 0.0177. The van der Waals surface area contributed by atoms with Crippen molar-refractivity contribution in [1.29, 1.82) is 0 Å². The highest BCUT2D eigenvalue weighted by molar-refractivity contribution is 5.94. The summed E-state index contributed by atoms with van der Waals surface area (Å²) in [5.74, 6) is -1.11. The Hall–Kier alpha value is -2.62. The Balaban J connectivity index is 1.98. The lowest BCUT2D eigenvalue weighted by molar-refractivity contribution is 0.0938. The van der Waals surface area contributed by atoms with Crippen molar-refractivity contribution >= 4 is 11.6 Å². The second kappa shape index (κ2) is 5.82. The molecule has 0 aliphatic carbocycles. The average Bonchev–Trinajstić information content (AvgIpc) is 2.46. The maximum Gasteiger partial charge on any atom is 0.272 e. The Labute approximate surface area is 110 Å². The molecular formula is C15H13FN2O. The van der Waals surface area contributed by atoms with Crippen LogP contribution in [0.3, 0.4) is 0 Å². The van der Waals surface area contributed by atoms with Crippen LogP contribution in [0, 0.1) is 5.82 Å². The quantitative estimate of drug-likeness (QED) is 0.826. The van der Waals surface area contributed by atoms with Gasteiger partial charge in [0.2, 0.25) is 0 Å². The smallest absolute Gasteiger partial charge is 0.272 e. The van der Waals surface area contributed by atoms with E-state index in [9.17, 15) is 9.18 Å². The van der Waals surface area contributed by atoms with Crippen LogP contribution < -0.4 is 10.9 Å². The van der Waals surface area contributed by atoms with Gasteiger partial charge in [-0.1, -0.05) is 49.0 Å². The lowest BCUT2D eigenvalue weighted by atomic mass is 10.2. The molecule has 2 N–H and O–H groups in total. The minimum atomic E-state index is -0.563. The Morgan fingerprint density at radius 3 is 2.26 bits per heavy atom. The number of benzene rings is 2. The van der Waals surface area contributed by atoms with Crippen LogP contribution in [0.1, 0.15) is 15.9 Å². The Bertz CT molecular complexity index is 596. The third-order valence-electron chi connectivity index (χ3n) is 2.57. The SMILES string of the molecule is C=C(NNC(=O)c1ccccc1F)c1ccccc1. The highest BCUT2D eigenvalue weighted by Gasteiger charge is 2.10. The highest BCUT2D eigenvalue weighted by Crippen LogP contribution is 2.08. The number of halogens is 1. The molecule has 0 atom stereocenters. The van der Waals surface area contributed by atoms with E-state index < -0.39 is 11.7 Å². The predicted octanol–water partition coefficient (Wildman–Crippen LogP) is 2.73. The fourth-order valence-corrected chi connectivity index (χ4v) is 1.56. The standard InChI is InChI=1S/C15H13FN2O/c1-11(12-7-3-2-4-8-12)17-18-15(19)13-9-5-6-10-14(13)16/h2-10,17H,1H2,(H,18,19). The summed E-state index contributed by atoms with van der Waals surface area (Å²) in [5.41, 5.74) is 6.43. The van der Waals surface area contributed by atoms with Gasteiger partial charge in [0.25, 0.3) is 5.91 Å². The summed E-state index contributed by atoms with van der Waals surface area (Å²) in [6.07, 6.45) is 0. The van der Waals surface area contributed by atoms with Gasteiger partial charge in [-0.05, 0) is 17.7 Å². The first kappa shape index (κ1) is 12.8. The van der Waals surface area contributed by atoms with Crippen molar-refractivity contribution in [2.75, 3.05) is 0 Å². The van der Waals surface area contributed by atoms with Crippen LogP contribution in [-0.2, 0) is 0 Å². The van der Waals surface area contributed by atoms with Gasteiger partial charge in [-0.2, -0.15) is 0 Å². The van der Waals surface area contributed by atoms with E-state index in [1.54, 1.807) is 6.07 Å². The van der Waals surface area contributed by atoms with Crippen molar-refractivity contribution in [1.82, 2.24) is 10.9 Å². The van der Waals surface area contributed by atoms with E-state index in [2.05, 4.69) is 17.4 Å². The number of carbonyl (C=O) groups is 1. The molecule has 2 aromatic rings. The summed E-state index contributed by atoms with van der Waals surface area (Å²) in [5, 5.41) is 0. The monoisotopic (exact) mass is 256 g/mol. The molecule has 0 aliphatic heterocycles. The average molecular weight is 256 g/mol. The summed E-state index contributed by atoms with van der Waals surface area (Å²) in [7, 11) is 0. The molecule has 0 heterocycles. The van der Waals surface area contributed by atoms with Crippen molar-refractivity contribution in [3.05, 3.63) is 78.1 Å². The van der Waals surface area contributed by atoms with E-state index in [1.807, 2.05) is 30.3 Å². The molecule has 0 fully saturated rings. The zero-order valence-corrected chi connectivity index (χ0v) is 10.2. The third-order valence-corrected chi connectivity index (χ3v) is 2.57. The molecule has 96 valence electrons. The van der Waals surface area contributed by atoms with Gasteiger partial charge in [-0.3, -0.25) is 15.6 Å². The summed E-state index contributed by atoms with van der Waals surface area (Å²) in [4.78, 5) is 11.7. The van der Waals surface area contributed by atoms with E-state index in [4.69, 9.17) is 0 Å². The number of hydrazine groups is 1. The number of hydrogen-bond acceptors (Lipinski definition) is 2. The number of amides is 1. The summed E-state index contributed by atoms with van der Waals surface area (Å²) < 4.78 is 13.4. The van der Waals surface area contributed by atoms with Crippen LogP contribution in [-0.4, -0.2) is 5.91 Å². The van der Waals surface area contributed by atoms with Gasteiger partial charge in [0.1, 0.15) is 5.82 Å². The Kier molecular flexibility index (Phi) is 3.93. The third kappa shape index (κ3) is 3.19. The molecule has 2 aromatic carbocycles. The zero-order chi connectivity index (χ0) is 13.7. The fraction of sp³-hybridized carbons (Fsp3) is 0. The van der Waals surface area contributed by atoms with Crippen molar-refractivity contribution in [3.63, 3.8) is 0 Å². The predicted molar refractivity (Wildman–Crippen MR) is 72.5 cm³/mol. The van der Waals surface area contributed by atoms with Gasteiger partial charge in [0.15, 0.2) is 0 Å². The van der Waals surface area contributed by atoms with Gasteiger partial charge in [0, 0.05) is 0 Å². The van der Waals surface area contributed by atoms with Crippen LogP contribution in [0.15, 0.2) is 61.2 Å². The zero-order valence-electron chi connectivity index (χ0n) is 10.2. The summed E-state index contributed by atoms with van der Waals surface area (Å²) >= 11 is 0. The first-order valence-electron chi connectivity index (χ1n) is 5.73. The molecule has 0 aromatic heterocycles. The second-order valence-electron chi connectivity index (χ2n) is 3.90. The molecule has 0 saturated carbocycles. The lowest BCUT2D eigenvalue weighted by Crippen LogP contribution is -2.36. The van der Waals surface area contributed by atoms with E-state index >= 15 is 0 Å². The van der Waals surface area contributed by atoms with Crippen molar-refractivity contribution in [3.8, 4) is 0 Å². The number of nitrogens with one attached hydrogen (secondary N) is 2. The first-order chi connectivity index (χ1) is 9.18. The molecule has 3 nitrogen and oxygen atoms in total. The number of rotatable bonds is 4. The van der Waals surface area contributed by atoms with E-state index in [-0.39, 0.29) is 5.56 Å². The fourth-order valence-electron chi connectivity index (χ4n) is 1.56. The molecule has 0 unspecified atom stereocenters. The van der Waals surface area contributed by atoms with Gasteiger partial charge >= 0.3 is 0 Å². The molecule has 19 heavy (non-hydrogen) atoms. The molecular weight excluding hydrogens is 243 g/mol. The molecule has 0 saturated heterocycles. The molecule has 0 aliphatic rings. The minimum Gasteiger partial charge on any atom is -0.298 e. The van der Waals surface area contributed by atoms with Crippen molar-refractivity contribution in [2.45, 2.75) is 0 Å². The van der Waals surface area contributed by atoms with Crippen LogP contribution in [0.5, 0.6) is 0 Å². The highest BCUT2D eigenvalue weighted by atomic mass is 19.1. The van der Waals surface area contributed by atoms with Gasteiger partial charge < -0.3 is 0 Å². The molecule has 2 rings (SSSR count). The molecule has 4 heteroatoms. The lowest BCUT2D eigenvalue weighted by Gasteiger charge is -2.11. The largest absolute Gasteiger partial charge is 0.298 e. The van der Waals surface area contributed by atoms with Crippen LogP contribution >= 0.6 is 0 Å². The van der Waals surface area contributed by atoms with Gasteiger partial charge in [-0.15, -0.1) is 0 Å². The Morgan fingerprint density at radius 1 is 0.947 bits per heavy atom. The molecule has 0 bridgehead atoms. The van der Waals surface area contributed by atoms with E-state index in [1.165, 1.54) is 18.2 Å². The normalized spacial score (nSPS) is 9.74. The number of carbonyl (C=O) groups excluding carboxylic acids is 1. The van der Waals surface area contributed by atoms with Crippen LogP contribution in [0.2, 0.25) is 0 Å².